The molecule has 0 spiro atoms. The van der Waals surface area contributed by atoms with Crippen molar-refractivity contribution in [3.63, 3.8) is 0 Å². The van der Waals surface area contributed by atoms with Gasteiger partial charge in [0, 0.05) is 19.9 Å². The normalized spacial score (nSPS) is 16.0. The number of aromatic nitrogens is 2. The number of fused-ring (bicyclic) bond motifs is 1. The van der Waals surface area contributed by atoms with Gasteiger partial charge in [0.1, 0.15) is 18.1 Å². The largest absolute Gasteiger partial charge is 0.497 e. The summed E-state index contributed by atoms with van der Waals surface area (Å²) in [5.41, 5.74) is 1.94. The predicted octanol–water partition coefficient (Wildman–Crippen LogP) is 1.41. The third-order valence-electron chi connectivity index (χ3n) is 4.32. The standard InChI is InChI=1S/C18H23N3O4/c1-23-6-5-21-12-19-9-15(21)10-20-18(22)14-7-13-8-16(24-2)3-4-17(13)25-11-14/h3-4,8-9,12,14H,5-7,10-11H2,1-2H3,(H,20,22)/t14-/m1/s1. The van der Waals surface area contributed by atoms with Gasteiger partial charge in [-0.1, -0.05) is 0 Å². The fourth-order valence-electron chi connectivity index (χ4n) is 2.87. The van der Waals surface area contributed by atoms with Crippen molar-refractivity contribution in [1.29, 1.82) is 0 Å². The van der Waals surface area contributed by atoms with Gasteiger partial charge >= 0.3 is 0 Å². The zero-order chi connectivity index (χ0) is 17.6. The second kappa shape index (κ2) is 8.02. The molecule has 2 heterocycles. The Labute approximate surface area is 146 Å². The maximum atomic E-state index is 12.5. The Bertz CT molecular complexity index is 729. The van der Waals surface area contributed by atoms with E-state index in [1.165, 1.54) is 0 Å². The maximum Gasteiger partial charge on any atom is 0.227 e. The van der Waals surface area contributed by atoms with E-state index in [0.717, 1.165) is 22.8 Å². The van der Waals surface area contributed by atoms with Gasteiger partial charge in [0.25, 0.3) is 0 Å². The number of amides is 1. The Morgan fingerprint density at radius 2 is 2.32 bits per heavy atom. The van der Waals surface area contributed by atoms with Crippen LogP contribution in [0.3, 0.4) is 0 Å². The number of carbonyl (C=O) groups is 1. The van der Waals surface area contributed by atoms with Gasteiger partial charge in [-0.25, -0.2) is 4.98 Å². The number of nitrogens with one attached hydrogen (secondary N) is 1. The third-order valence-corrected chi connectivity index (χ3v) is 4.32. The van der Waals surface area contributed by atoms with E-state index in [2.05, 4.69) is 10.3 Å². The van der Waals surface area contributed by atoms with Crippen LogP contribution in [0.5, 0.6) is 11.5 Å². The number of hydrogen-bond donors (Lipinski definition) is 1. The Hall–Kier alpha value is -2.54. The topological polar surface area (TPSA) is 74.6 Å². The first-order valence-corrected chi connectivity index (χ1v) is 8.26. The van der Waals surface area contributed by atoms with E-state index in [9.17, 15) is 4.79 Å². The molecule has 1 aromatic heterocycles. The van der Waals surface area contributed by atoms with Gasteiger partial charge in [0.2, 0.25) is 5.91 Å². The molecule has 1 atom stereocenters. The fraction of sp³-hybridized carbons (Fsp3) is 0.444. The van der Waals surface area contributed by atoms with Crippen LogP contribution in [0.15, 0.2) is 30.7 Å². The van der Waals surface area contributed by atoms with Gasteiger partial charge in [-0.15, -0.1) is 0 Å². The number of nitrogens with zero attached hydrogens (tertiary/aromatic N) is 2. The van der Waals surface area contributed by atoms with Crippen LogP contribution in [-0.2, 0) is 29.0 Å². The molecule has 0 fully saturated rings. The van der Waals surface area contributed by atoms with E-state index in [0.29, 0.717) is 32.7 Å². The van der Waals surface area contributed by atoms with Crippen molar-refractivity contribution in [2.45, 2.75) is 19.5 Å². The first kappa shape index (κ1) is 17.3. The zero-order valence-corrected chi connectivity index (χ0v) is 14.5. The molecule has 7 nitrogen and oxygen atoms in total. The highest BCUT2D eigenvalue weighted by molar-refractivity contribution is 5.79. The number of benzene rings is 1. The molecule has 0 radical (unpaired) electrons. The zero-order valence-electron chi connectivity index (χ0n) is 14.5. The highest BCUT2D eigenvalue weighted by atomic mass is 16.5. The first-order valence-electron chi connectivity index (χ1n) is 8.26. The van der Waals surface area contributed by atoms with E-state index in [-0.39, 0.29) is 11.8 Å². The quantitative estimate of drug-likeness (QED) is 0.821. The van der Waals surface area contributed by atoms with Crippen LogP contribution in [0.4, 0.5) is 0 Å². The van der Waals surface area contributed by atoms with Crippen molar-refractivity contribution >= 4 is 5.91 Å². The van der Waals surface area contributed by atoms with Crippen molar-refractivity contribution in [2.75, 3.05) is 27.4 Å². The highest BCUT2D eigenvalue weighted by Crippen LogP contribution is 2.30. The van der Waals surface area contributed by atoms with E-state index < -0.39 is 0 Å². The van der Waals surface area contributed by atoms with Gasteiger partial charge < -0.3 is 24.1 Å². The lowest BCUT2D eigenvalue weighted by atomic mass is 9.96. The summed E-state index contributed by atoms with van der Waals surface area (Å²) < 4.78 is 18.0. The molecule has 7 heteroatoms. The number of methoxy groups -OCH3 is 2. The molecular formula is C18H23N3O4. The van der Waals surface area contributed by atoms with Crippen LogP contribution in [0.2, 0.25) is 0 Å². The van der Waals surface area contributed by atoms with Gasteiger partial charge in [0.15, 0.2) is 0 Å². The lowest BCUT2D eigenvalue weighted by Gasteiger charge is -2.25. The van der Waals surface area contributed by atoms with Gasteiger partial charge in [-0.3, -0.25) is 4.79 Å². The van der Waals surface area contributed by atoms with Crippen LogP contribution in [-0.4, -0.2) is 42.9 Å². The van der Waals surface area contributed by atoms with Crippen molar-refractivity contribution in [3.8, 4) is 11.5 Å². The number of hydrogen-bond acceptors (Lipinski definition) is 5. The molecule has 3 rings (SSSR count). The summed E-state index contributed by atoms with van der Waals surface area (Å²) in [6, 6.07) is 5.67. The summed E-state index contributed by atoms with van der Waals surface area (Å²) in [6.07, 6.45) is 4.14. The number of carbonyl (C=O) groups excluding carboxylic acids is 1. The van der Waals surface area contributed by atoms with Crippen molar-refractivity contribution in [3.05, 3.63) is 42.0 Å². The Kier molecular flexibility index (Phi) is 5.55. The minimum absolute atomic E-state index is 0.0204. The SMILES string of the molecule is COCCn1cncc1CNC(=O)[C@H]1COc2ccc(OC)cc2C1. The molecule has 134 valence electrons. The summed E-state index contributed by atoms with van der Waals surface area (Å²) in [7, 11) is 3.29. The smallest absolute Gasteiger partial charge is 0.227 e. The Morgan fingerprint density at radius 3 is 3.12 bits per heavy atom. The molecule has 0 unspecified atom stereocenters. The van der Waals surface area contributed by atoms with E-state index in [1.54, 1.807) is 26.7 Å². The number of imidazole rings is 1. The second-order valence-electron chi connectivity index (χ2n) is 5.97. The lowest BCUT2D eigenvalue weighted by Crippen LogP contribution is -2.37. The van der Waals surface area contributed by atoms with Crippen molar-refractivity contribution < 1.29 is 19.0 Å². The van der Waals surface area contributed by atoms with Crippen molar-refractivity contribution in [2.24, 2.45) is 5.92 Å². The summed E-state index contributed by atoms with van der Waals surface area (Å²) >= 11 is 0. The molecule has 1 amide bonds. The molecule has 0 saturated carbocycles. The summed E-state index contributed by atoms with van der Waals surface area (Å²) in [6.45, 7) is 2.13. The molecule has 0 saturated heterocycles. The van der Waals surface area contributed by atoms with Crippen LogP contribution >= 0.6 is 0 Å². The van der Waals surface area contributed by atoms with Crippen molar-refractivity contribution in [1.82, 2.24) is 14.9 Å². The second-order valence-corrected chi connectivity index (χ2v) is 5.97. The van der Waals surface area contributed by atoms with Crippen LogP contribution < -0.4 is 14.8 Å². The third kappa shape index (κ3) is 4.11. The van der Waals surface area contributed by atoms with Gasteiger partial charge in [-0.05, 0) is 30.2 Å². The highest BCUT2D eigenvalue weighted by Gasteiger charge is 2.26. The molecule has 0 bridgehead atoms. The first-order chi connectivity index (χ1) is 12.2. The van der Waals surface area contributed by atoms with Crippen LogP contribution in [0, 0.1) is 5.92 Å². The molecule has 1 aliphatic rings. The molecule has 25 heavy (non-hydrogen) atoms. The van der Waals surface area contributed by atoms with Crippen LogP contribution in [0.1, 0.15) is 11.3 Å². The average Bonchev–Trinajstić information content (AvgIpc) is 3.10. The molecule has 1 N–H and O–H groups in total. The van der Waals surface area contributed by atoms with Crippen LogP contribution in [0.25, 0.3) is 0 Å². The predicted molar refractivity (Wildman–Crippen MR) is 91.6 cm³/mol. The summed E-state index contributed by atoms with van der Waals surface area (Å²) in [5, 5.41) is 2.98. The molecular weight excluding hydrogens is 322 g/mol. The molecule has 2 aromatic rings. The fourth-order valence-corrected chi connectivity index (χ4v) is 2.87. The van der Waals surface area contributed by atoms with E-state index >= 15 is 0 Å². The minimum Gasteiger partial charge on any atom is -0.497 e. The van der Waals surface area contributed by atoms with E-state index in [4.69, 9.17) is 14.2 Å². The number of ether oxygens (including phenoxy) is 3. The number of rotatable bonds is 7. The molecule has 1 aromatic carbocycles. The summed E-state index contributed by atoms with van der Waals surface area (Å²) in [5.74, 6) is 1.36. The van der Waals surface area contributed by atoms with E-state index in [1.807, 2.05) is 22.8 Å². The Morgan fingerprint density at radius 1 is 1.44 bits per heavy atom. The Balaban J connectivity index is 1.58. The van der Waals surface area contributed by atoms with Gasteiger partial charge in [0.05, 0.1) is 38.2 Å². The average molecular weight is 345 g/mol. The molecule has 1 aliphatic heterocycles. The lowest BCUT2D eigenvalue weighted by molar-refractivity contribution is -0.126. The minimum atomic E-state index is -0.213. The molecule has 0 aliphatic carbocycles. The maximum absolute atomic E-state index is 12.5. The van der Waals surface area contributed by atoms with Gasteiger partial charge in [-0.2, -0.15) is 0 Å². The summed E-state index contributed by atoms with van der Waals surface area (Å²) in [4.78, 5) is 16.6. The monoisotopic (exact) mass is 345 g/mol.